The summed E-state index contributed by atoms with van der Waals surface area (Å²) in [5.41, 5.74) is 2.69. The fourth-order valence-corrected chi connectivity index (χ4v) is 2.72. The van der Waals surface area contributed by atoms with E-state index in [0.717, 1.165) is 17.6 Å². The first kappa shape index (κ1) is 21.0. The summed E-state index contributed by atoms with van der Waals surface area (Å²) in [6.07, 6.45) is 2.58. The molecule has 8 heteroatoms. The van der Waals surface area contributed by atoms with Crippen LogP contribution in [0.3, 0.4) is 0 Å². The van der Waals surface area contributed by atoms with E-state index in [4.69, 9.17) is 0 Å². The van der Waals surface area contributed by atoms with Crippen LogP contribution in [0.1, 0.15) is 38.8 Å². The van der Waals surface area contributed by atoms with Gasteiger partial charge < -0.3 is 20.3 Å². The lowest BCUT2D eigenvalue weighted by Gasteiger charge is -2.16. The predicted molar refractivity (Wildman–Crippen MR) is 115 cm³/mol. The molecule has 0 aliphatic heterocycles. The first-order valence-electron chi connectivity index (χ1n) is 9.02. The van der Waals surface area contributed by atoms with Crippen molar-refractivity contribution in [2.45, 2.75) is 45.8 Å². The molecule has 0 aliphatic carbocycles. The van der Waals surface area contributed by atoms with Crippen molar-refractivity contribution in [3.8, 4) is 0 Å². The van der Waals surface area contributed by atoms with Crippen LogP contribution in [-0.4, -0.2) is 37.3 Å². The zero-order valence-electron chi connectivity index (χ0n) is 16.0. The van der Waals surface area contributed by atoms with Gasteiger partial charge in [-0.3, -0.25) is 0 Å². The highest BCUT2D eigenvalue weighted by Gasteiger charge is 2.16. The highest BCUT2D eigenvalue weighted by molar-refractivity contribution is 7.59. The van der Waals surface area contributed by atoms with Crippen molar-refractivity contribution in [3.63, 3.8) is 0 Å². The van der Waals surface area contributed by atoms with Gasteiger partial charge in [0.2, 0.25) is 5.95 Å². The number of imidazole rings is 1. The Labute approximate surface area is 166 Å². The van der Waals surface area contributed by atoms with Gasteiger partial charge >= 0.3 is 0 Å². The third-order valence-corrected chi connectivity index (χ3v) is 4.33. The molecule has 7 nitrogen and oxygen atoms in total. The Morgan fingerprint density at radius 2 is 1.89 bits per heavy atom. The summed E-state index contributed by atoms with van der Waals surface area (Å²) in [4.78, 5) is 13.8. The van der Waals surface area contributed by atoms with Crippen molar-refractivity contribution >= 4 is 36.4 Å². The second-order valence-electron chi connectivity index (χ2n) is 6.58. The molecule has 0 fully saturated rings. The van der Waals surface area contributed by atoms with E-state index in [1.165, 1.54) is 5.56 Å². The average molecular weight is 389 g/mol. The number of aromatic nitrogens is 4. The van der Waals surface area contributed by atoms with Gasteiger partial charge in [0.05, 0.1) is 19.0 Å². The molecule has 3 N–H and O–H groups in total. The molecule has 0 radical (unpaired) electrons. The second-order valence-corrected chi connectivity index (χ2v) is 6.58. The lowest BCUT2D eigenvalue weighted by Crippen LogP contribution is -2.24. The predicted octanol–water partition coefficient (Wildman–Crippen LogP) is 3.31. The molecule has 2 aromatic heterocycles. The largest absolute Gasteiger partial charge is 0.394 e. The molecule has 146 valence electrons. The van der Waals surface area contributed by atoms with Gasteiger partial charge in [-0.2, -0.15) is 23.5 Å². The monoisotopic (exact) mass is 388 g/mol. The molecular formula is C19H28N6OS. The summed E-state index contributed by atoms with van der Waals surface area (Å²) in [7, 11) is 0. The van der Waals surface area contributed by atoms with Crippen LogP contribution in [0.25, 0.3) is 11.2 Å². The van der Waals surface area contributed by atoms with E-state index < -0.39 is 0 Å². The molecule has 2 heterocycles. The van der Waals surface area contributed by atoms with Crippen LogP contribution in [0.5, 0.6) is 0 Å². The highest BCUT2D eigenvalue weighted by Crippen LogP contribution is 2.24. The molecule has 0 aliphatic rings. The minimum absolute atomic E-state index is 0. The number of anilines is 2. The Balaban J connectivity index is 0.00000261. The third-order valence-electron chi connectivity index (χ3n) is 4.33. The van der Waals surface area contributed by atoms with Gasteiger partial charge in [-0.25, -0.2) is 4.98 Å². The quantitative estimate of drug-likeness (QED) is 0.549. The molecule has 1 atom stereocenters. The maximum Gasteiger partial charge on any atom is 0.227 e. The van der Waals surface area contributed by atoms with Crippen LogP contribution in [0.15, 0.2) is 36.7 Å². The number of hydrogen-bond donors (Lipinski definition) is 3. The highest BCUT2D eigenvalue weighted by atomic mass is 32.1. The Hall–Kier alpha value is -2.32. The van der Waals surface area contributed by atoms with E-state index in [1.54, 1.807) is 6.33 Å². The maximum atomic E-state index is 9.47. The lowest BCUT2D eigenvalue weighted by molar-refractivity contribution is 0.271. The third kappa shape index (κ3) is 4.90. The number of aliphatic hydroxyl groups is 1. The molecule has 0 saturated carbocycles. The summed E-state index contributed by atoms with van der Waals surface area (Å²) in [5.74, 6) is 1.19. The smallest absolute Gasteiger partial charge is 0.227 e. The summed E-state index contributed by atoms with van der Waals surface area (Å²) in [5, 5.41) is 16.1. The van der Waals surface area contributed by atoms with E-state index >= 15 is 0 Å². The first-order valence-corrected chi connectivity index (χ1v) is 9.02. The molecule has 0 amide bonds. The topological polar surface area (TPSA) is 87.9 Å². The lowest BCUT2D eigenvalue weighted by atomic mass is 10.2. The summed E-state index contributed by atoms with van der Waals surface area (Å²) in [6, 6.07) is 10.3. The molecule has 3 rings (SSSR count). The molecule has 0 saturated heterocycles. The van der Waals surface area contributed by atoms with Gasteiger partial charge in [0.15, 0.2) is 17.0 Å². The average Bonchev–Trinajstić information content (AvgIpc) is 3.09. The van der Waals surface area contributed by atoms with Gasteiger partial charge in [0.25, 0.3) is 0 Å². The molecule has 1 aromatic carbocycles. The Morgan fingerprint density at radius 1 is 1.15 bits per heavy atom. The minimum Gasteiger partial charge on any atom is -0.394 e. The molecule has 0 bridgehead atoms. The SMILES string of the molecule is CC[C@@H](CO)Nc1nc(NCc2ccccc2)c2ncn(C(C)C)c2n1.S. The number of nitrogens with zero attached hydrogens (tertiary/aromatic N) is 4. The van der Waals surface area contributed by atoms with Crippen molar-refractivity contribution in [1.82, 2.24) is 19.5 Å². The zero-order chi connectivity index (χ0) is 18.5. The Bertz CT molecular complexity index is 848. The van der Waals surface area contributed by atoms with Gasteiger partial charge in [0, 0.05) is 12.6 Å². The standard InChI is InChI=1S/C19H26N6O.H2S/c1-4-15(11-26)22-19-23-17(20-10-14-8-6-5-7-9-14)16-18(24-19)25(12-21-16)13(2)3;/h5-9,12-13,15,26H,4,10-11H2,1-3H3,(H2,20,22,23,24);1H2/t15-;/m0./s1. The van der Waals surface area contributed by atoms with E-state index in [1.807, 2.05) is 29.7 Å². The molecule has 27 heavy (non-hydrogen) atoms. The van der Waals surface area contributed by atoms with Crippen molar-refractivity contribution in [2.24, 2.45) is 0 Å². The molecule has 0 unspecified atom stereocenters. The summed E-state index contributed by atoms with van der Waals surface area (Å²) >= 11 is 0. The number of fused-ring (bicyclic) bond motifs is 1. The van der Waals surface area contributed by atoms with E-state index in [2.05, 4.69) is 51.6 Å². The van der Waals surface area contributed by atoms with Crippen LogP contribution in [0.2, 0.25) is 0 Å². The summed E-state index contributed by atoms with van der Waals surface area (Å²) < 4.78 is 2.02. The van der Waals surface area contributed by atoms with E-state index in [0.29, 0.717) is 18.3 Å². The van der Waals surface area contributed by atoms with Crippen molar-refractivity contribution in [1.29, 1.82) is 0 Å². The summed E-state index contributed by atoms with van der Waals surface area (Å²) in [6.45, 7) is 6.89. The van der Waals surface area contributed by atoms with Gasteiger partial charge in [-0.05, 0) is 25.8 Å². The van der Waals surface area contributed by atoms with Crippen molar-refractivity contribution < 1.29 is 5.11 Å². The fourth-order valence-electron chi connectivity index (χ4n) is 2.72. The minimum atomic E-state index is -0.0788. The fraction of sp³-hybridized carbons (Fsp3) is 0.421. The molecule has 3 aromatic rings. The van der Waals surface area contributed by atoms with Crippen molar-refractivity contribution in [3.05, 3.63) is 42.2 Å². The molecule has 0 spiro atoms. The van der Waals surface area contributed by atoms with Crippen LogP contribution in [0, 0.1) is 0 Å². The number of benzene rings is 1. The van der Waals surface area contributed by atoms with E-state index in [9.17, 15) is 5.11 Å². The maximum absolute atomic E-state index is 9.47. The normalized spacial score (nSPS) is 12.0. The van der Waals surface area contributed by atoms with Crippen LogP contribution < -0.4 is 10.6 Å². The second kappa shape index (κ2) is 9.57. The number of nitrogens with one attached hydrogen (secondary N) is 2. The Morgan fingerprint density at radius 3 is 2.52 bits per heavy atom. The molecular weight excluding hydrogens is 360 g/mol. The van der Waals surface area contributed by atoms with Crippen LogP contribution in [-0.2, 0) is 6.54 Å². The first-order chi connectivity index (χ1) is 12.6. The number of rotatable bonds is 8. The Kier molecular flexibility index (Phi) is 7.44. The van der Waals surface area contributed by atoms with Crippen LogP contribution >= 0.6 is 13.5 Å². The van der Waals surface area contributed by atoms with Gasteiger partial charge in [-0.1, -0.05) is 37.3 Å². The van der Waals surface area contributed by atoms with E-state index in [-0.39, 0.29) is 32.2 Å². The van der Waals surface area contributed by atoms with Gasteiger partial charge in [-0.15, -0.1) is 0 Å². The zero-order valence-corrected chi connectivity index (χ0v) is 17.0. The van der Waals surface area contributed by atoms with Crippen LogP contribution in [0.4, 0.5) is 11.8 Å². The number of hydrogen-bond acceptors (Lipinski definition) is 6. The van der Waals surface area contributed by atoms with Crippen molar-refractivity contribution in [2.75, 3.05) is 17.2 Å². The number of aliphatic hydroxyl groups excluding tert-OH is 1. The van der Waals surface area contributed by atoms with Gasteiger partial charge in [0.1, 0.15) is 0 Å².